The van der Waals surface area contributed by atoms with Crippen LogP contribution >= 0.6 is 0 Å². The van der Waals surface area contributed by atoms with Gasteiger partial charge in [-0.3, -0.25) is 9.59 Å². The first-order valence-corrected chi connectivity index (χ1v) is 6.35. The van der Waals surface area contributed by atoms with Gasteiger partial charge in [-0.05, 0) is 19.8 Å². The second-order valence-electron chi connectivity index (χ2n) is 4.32. The molecule has 0 spiro atoms. The molecule has 21 heavy (non-hydrogen) atoms. The number of carbonyl (C=O) groups excluding carboxylic acids is 5. The van der Waals surface area contributed by atoms with Crippen LogP contribution in [0.3, 0.4) is 0 Å². The number of esters is 2. The lowest BCUT2D eigenvalue weighted by Gasteiger charge is -2.13. The van der Waals surface area contributed by atoms with Crippen LogP contribution in [0, 0.1) is 0 Å². The smallest absolute Gasteiger partial charge is 0.342 e. The third-order valence-electron chi connectivity index (χ3n) is 2.78. The van der Waals surface area contributed by atoms with Crippen molar-refractivity contribution in [3.63, 3.8) is 0 Å². The van der Waals surface area contributed by atoms with Crippen LogP contribution in [0.5, 0.6) is 0 Å². The van der Waals surface area contributed by atoms with Crippen molar-refractivity contribution in [2.24, 2.45) is 0 Å². The Morgan fingerprint density at radius 3 is 2.38 bits per heavy atom. The molecular formula is C13H15NO7. The van der Waals surface area contributed by atoms with Crippen molar-refractivity contribution in [3.8, 4) is 0 Å². The molecule has 0 aromatic heterocycles. The first kappa shape index (κ1) is 16.5. The van der Waals surface area contributed by atoms with Gasteiger partial charge in [-0.25, -0.2) is 14.4 Å². The van der Waals surface area contributed by atoms with Crippen molar-refractivity contribution < 1.29 is 33.5 Å². The molecule has 8 heteroatoms. The Kier molecular flexibility index (Phi) is 5.77. The molecule has 0 bridgehead atoms. The Morgan fingerprint density at radius 2 is 1.90 bits per heavy atom. The van der Waals surface area contributed by atoms with Crippen LogP contribution in [-0.4, -0.2) is 35.3 Å². The number of ether oxygens (including phenoxy) is 1. The summed E-state index contributed by atoms with van der Waals surface area (Å²) in [6, 6.07) is 0. The Labute approximate surface area is 120 Å². The van der Waals surface area contributed by atoms with Crippen molar-refractivity contribution in [2.75, 3.05) is 0 Å². The van der Waals surface area contributed by atoms with Gasteiger partial charge in [0.05, 0.1) is 6.42 Å². The molecule has 0 aromatic carbocycles. The molecule has 0 unspecified atom stereocenters. The van der Waals surface area contributed by atoms with E-state index in [4.69, 9.17) is 0 Å². The summed E-state index contributed by atoms with van der Waals surface area (Å²) in [5, 5.41) is 0.325. The largest absolute Gasteiger partial charge is 0.386 e. The maximum atomic E-state index is 11.5. The van der Waals surface area contributed by atoms with E-state index in [2.05, 4.69) is 9.57 Å². The van der Waals surface area contributed by atoms with Crippen LogP contribution in [-0.2, 0) is 33.5 Å². The highest BCUT2D eigenvalue weighted by atomic mass is 16.7. The minimum atomic E-state index is -0.862. The summed E-state index contributed by atoms with van der Waals surface area (Å²) in [4.78, 5) is 60.6. The third kappa shape index (κ3) is 4.23. The molecule has 0 saturated carbocycles. The van der Waals surface area contributed by atoms with Gasteiger partial charge in [-0.15, -0.1) is 5.06 Å². The van der Waals surface area contributed by atoms with E-state index in [0.717, 1.165) is 0 Å². The quantitative estimate of drug-likeness (QED) is 0.302. The molecule has 0 aliphatic carbocycles. The molecular weight excluding hydrogens is 282 g/mol. The van der Waals surface area contributed by atoms with E-state index in [0.29, 0.717) is 11.5 Å². The van der Waals surface area contributed by atoms with Gasteiger partial charge < -0.3 is 9.57 Å². The van der Waals surface area contributed by atoms with Crippen LogP contribution in [0.1, 0.15) is 39.5 Å². The number of hydroxylamine groups is 2. The van der Waals surface area contributed by atoms with Gasteiger partial charge in [0.1, 0.15) is 0 Å². The number of hydrogen-bond acceptors (Lipinski definition) is 7. The molecule has 2 amide bonds. The van der Waals surface area contributed by atoms with E-state index in [-0.39, 0.29) is 36.8 Å². The Hall–Kier alpha value is -2.51. The average molecular weight is 297 g/mol. The van der Waals surface area contributed by atoms with Crippen LogP contribution < -0.4 is 0 Å². The number of cyclic esters (lactones) is 2. The van der Waals surface area contributed by atoms with E-state index >= 15 is 0 Å². The fourth-order valence-electron chi connectivity index (χ4n) is 1.63. The van der Waals surface area contributed by atoms with Crippen LogP contribution in [0.25, 0.3) is 0 Å². The Balaban J connectivity index is 2.54. The minimum Gasteiger partial charge on any atom is -0.386 e. The van der Waals surface area contributed by atoms with Crippen LogP contribution in [0.2, 0.25) is 0 Å². The van der Waals surface area contributed by atoms with Crippen molar-refractivity contribution in [3.05, 3.63) is 11.1 Å². The predicted molar refractivity (Wildman–Crippen MR) is 66.9 cm³/mol. The lowest BCUT2D eigenvalue weighted by molar-refractivity contribution is -0.196. The van der Waals surface area contributed by atoms with Crippen molar-refractivity contribution in [1.29, 1.82) is 0 Å². The molecule has 0 saturated heterocycles. The predicted octanol–water partition coefficient (Wildman–Crippen LogP) is 0.410. The molecule has 0 radical (unpaired) electrons. The summed E-state index contributed by atoms with van der Waals surface area (Å²) >= 11 is 0. The molecule has 0 atom stereocenters. The van der Waals surface area contributed by atoms with Gasteiger partial charge in [-0.2, -0.15) is 0 Å². The summed E-state index contributed by atoms with van der Waals surface area (Å²) in [6.45, 7) is 3.15. The number of hydrogen-bond donors (Lipinski definition) is 0. The maximum Gasteiger partial charge on any atom is 0.342 e. The highest BCUT2D eigenvalue weighted by Crippen LogP contribution is 2.21. The van der Waals surface area contributed by atoms with Crippen LogP contribution in [0.4, 0.5) is 0 Å². The zero-order chi connectivity index (χ0) is 16.0. The second-order valence-corrected chi connectivity index (χ2v) is 4.32. The first-order chi connectivity index (χ1) is 9.90. The number of imide groups is 1. The maximum absolute atomic E-state index is 11.5. The lowest BCUT2D eigenvalue weighted by atomic mass is 10.1. The lowest BCUT2D eigenvalue weighted by Crippen LogP contribution is -2.32. The standard InChI is InChI=1S/C13H15NO7/c1-3-4-10(16)14(7-15)21-11(17)6-5-9-8(2)12(18)20-13(9)19/h7H,3-6H2,1-2H3. The third-order valence-corrected chi connectivity index (χ3v) is 2.78. The molecule has 0 N–H and O–H groups in total. The molecule has 8 nitrogen and oxygen atoms in total. The van der Waals surface area contributed by atoms with Crippen molar-refractivity contribution in [2.45, 2.75) is 39.5 Å². The normalized spacial score (nSPS) is 14.0. The van der Waals surface area contributed by atoms with Crippen LogP contribution in [0.15, 0.2) is 11.1 Å². The SMILES string of the molecule is CCCC(=O)N(C=O)OC(=O)CCC1=C(C)C(=O)OC1=O. The van der Waals surface area contributed by atoms with Crippen molar-refractivity contribution >= 4 is 30.2 Å². The topological polar surface area (TPSA) is 107 Å². The summed E-state index contributed by atoms with van der Waals surface area (Å²) in [6.07, 6.45) is 0.342. The number of amides is 2. The fraction of sp³-hybridized carbons (Fsp3) is 0.462. The first-order valence-electron chi connectivity index (χ1n) is 6.35. The minimum absolute atomic E-state index is 0.0656. The summed E-state index contributed by atoms with van der Waals surface area (Å²) in [7, 11) is 0. The van der Waals surface area contributed by atoms with Crippen molar-refractivity contribution in [1.82, 2.24) is 5.06 Å². The average Bonchev–Trinajstić information content (AvgIpc) is 2.67. The Morgan fingerprint density at radius 1 is 1.24 bits per heavy atom. The molecule has 1 rings (SSSR count). The number of carbonyl (C=O) groups is 5. The summed E-state index contributed by atoms with van der Waals surface area (Å²) in [5.41, 5.74) is 0.233. The van der Waals surface area contributed by atoms with Gasteiger partial charge in [0.25, 0.3) is 12.3 Å². The zero-order valence-electron chi connectivity index (χ0n) is 11.7. The van der Waals surface area contributed by atoms with Gasteiger partial charge in [0.2, 0.25) is 0 Å². The zero-order valence-corrected chi connectivity index (χ0v) is 11.7. The molecule has 114 valence electrons. The molecule has 1 aliphatic rings. The second kappa shape index (κ2) is 7.32. The van der Waals surface area contributed by atoms with Gasteiger partial charge in [-0.1, -0.05) is 6.92 Å². The highest BCUT2D eigenvalue weighted by Gasteiger charge is 2.30. The van der Waals surface area contributed by atoms with E-state index in [1.54, 1.807) is 6.92 Å². The molecule has 1 heterocycles. The van der Waals surface area contributed by atoms with Gasteiger partial charge in [0.15, 0.2) is 0 Å². The molecule has 0 fully saturated rings. The van der Waals surface area contributed by atoms with E-state index < -0.39 is 23.8 Å². The Bertz CT molecular complexity index is 521. The molecule has 1 aliphatic heterocycles. The summed E-state index contributed by atoms with van der Waals surface area (Å²) < 4.78 is 4.37. The van der Waals surface area contributed by atoms with Gasteiger partial charge in [0, 0.05) is 17.6 Å². The van der Waals surface area contributed by atoms with Gasteiger partial charge >= 0.3 is 17.9 Å². The van der Waals surface area contributed by atoms with E-state index in [9.17, 15) is 24.0 Å². The summed E-state index contributed by atoms with van der Waals surface area (Å²) in [5.74, 6) is -3.03. The molecule has 0 aromatic rings. The highest BCUT2D eigenvalue weighted by molar-refractivity contribution is 6.12. The van der Waals surface area contributed by atoms with E-state index in [1.165, 1.54) is 6.92 Å². The number of nitrogens with zero attached hydrogens (tertiary/aromatic N) is 1. The van der Waals surface area contributed by atoms with E-state index in [1.807, 2.05) is 0 Å². The monoisotopic (exact) mass is 297 g/mol. The number of rotatable bonds is 6. The fourth-order valence-corrected chi connectivity index (χ4v) is 1.63.